The summed E-state index contributed by atoms with van der Waals surface area (Å²) in [5, 5.41) is 7.23. The monoisotopic (exact) mass is 371 g/mol. The number of nitrogens with zero attached hydrogens (tertiary/aromatic N) is 1. The summed E-state index contributed by atoms with van der Waals surface area (Å²) in [4.78, 5) is 11.8. The number of hydrazone groups is 1. The van der Waals surface area contributed by atoms with Gasteiger partial charge < -0.3 is 14.8 Å². The quantitative estimate of drug-likeness (QED) is 0.425. The van der Waals surface area contributed by atoms with Gasteiger partial charge in [0.15, 0.2) is 11.5 Å². The van der Waals surface area contributed by atoms with E-state index in [1.54, 1.807) is 12.1 Å². The van der Waals surface area contributed by atoms with E-state index in [0.29, 0.717) is 22.1 Å². The third-order valence-electron chi connectivity index (χ3n) is 3.18. The van der Waals surface area contributed by atoms with Crippen molar-refractivity contribution in [3.63, 3.8) is 0 Å². The van der Waals surface area contributed by atoms with Crippen LogP contribution in [-0.2, 0) is 4.79 Å². The number of hydrogen-bond donors (Lipinski definition) is 2. The Balaban J connectivity index is 1.94. The molecule has 2 aromatic rings. The normalized spacial score (nSPS) is 10.2. The van der Waals surface area contributed by atoms with Crippen molar-refractivity contribution in [2.45, 2.75) is 0 Å². The van der Waals surface area contributed by atoms with Crippen LogP contribution in [0.3, 0.4) is 0 Å². The van der Waals surface area contributed by atoms with Crippen LogP contribution in [0.5, 0.6) is 11.5 Å². The summed E-state index contributed by atoms with van der Waals surface area (Å²) in [5.74, 6) is 2.87. The molecule has 0 bridgehead atoms. The minimum atomic E-state index is -0.280. The zero-order chi connectivity index (χ0) is 18.8. The number of ether oxygens (including phenoxy) is 2. The van der Waals surface area contributed by atoms with Crippen LogP contribution in [0.1, 0.15) is 5.56 Å². The van der Waals surface area contributed by atoms with Crippen LogP contribution in [0.2, 0.25) is 5.02 Å². The van der Waals surface area contributed by atoms with Crippen molar-refractivity contribution in [1.29, 1.82) is 0 Å². The predicted molar refractivity (Wildman–Crippen MR) is 103 cm³/mol. The Morgan fingerprint density at radius 3 is 2.81 bits per heavy atom. The second kappa shape index (κ2) is 9.97. The van der Waals surface area contributed by atoms with Crippen molar-refractivity contribution in [2.75, 3.05) is 25.6 Å². The smallest absolute Gasteiger partial charge is 0.259 e. The first-order chi connectivity index (χ1) is 12.6. The van der Waals surface area contributed by atoms with Gasteiger partial charge in [0.2, 0.25) is 0 Å². The van der Waals surface area contributed by atoms with Gasteiger partial charge >= 0.3 is 0 Å². The van der Waals surface area contributed by atoms with Gasteiger partial charge in [0.1, 0.15) is 6.61 Å². The number of carbonyl (C=O) groups excluding carboxylic acids is 1. The van der Waals surface area contributed by atoms with Gasteiger partial charge in [-0.3, -0.25) is 4.79 Å². The first-order valence-electron chi connectivity index (χ1n) is 7.68. The molecule has 7 heteroatoms. The molecular formula is C19H18ClN3O3. The van der Waals surface area contributed by atoms with E-state index in [2.05, 4.69) is 21.8 Å². The van der Waals surface area contributed by atoms with Crippen LogP contribution in [0.4, 0.5) is 5.69 Å². The van der Waals surface area contributed by atoms with Crippen molar-refractivity contribution in [1.82, 2.24) is 5.43 Å². The van der Waals surface area contributed by atoms with E-state index < -0.39 is 0 Å². The summed E-state index contributed by atoms with van der Waals surface area (Å²) in [6.07, 6.45) is 6.64. The molecule has 134 valence electrons. The molecule has 2 aromatic carbocycles. The molecule has 2 rings (SSSR count). The maximum Gasteiger partial charge on any atom is 0.259 e. The molecule has 0 heterocycles. The number of hydrogen-bond acceptors (Lipinski definition) is 5. The molecule has 1 amide bonds. The second-order valence-corrected chi connectivity index (χ2v) is 5.45. The topological polar surface area (TPSA) is 72.0 Å². The Morgan fingerprint density at radius 1 is 1.35 bits per heavy atom. The van der Waals surface area contributed by atoms with Gasteiger partial charge in [0, 0.05) is 5.69 Å². The molecule has 6 nitrogen and oxygen atoms in total. The SMILES string of the molecule is C#CCOc1c(Cl)cc(/C=N\NC(=O)CNc2ccccc2)cc1OC. The van der Waals surface area contributed by atoms with Crippen LogP contribution in [0.25, 0.3) is 0 Å². The van der Waals surface area contributed by atoms with Gasteiger partial charge in [-0.15, -0.1) is 6.42 Å². The van der Waals surface area contributed by atoms with E-state index in [1.165, 1.54) is 13.3 Å². The van der Waals surface area contributed by atoms with E-state index >= 15 is 0 Å². The average Bonchev–Trinajstić information content (AvgIpc) is 2.66. The van der Waals surface area contributed by atoms with E-state index in [-0.39, 0.29) is 19.1 Å². The first-order valence-corrected chi connectivity index (χ1v) is 8.06. The van der Waals surface area contributed by atoms with E-state index in [9.17, 15) is 4.79 Å². The van der Waals surface area contributed by atoms with Crippen molar-refractivity contribution in [3.8, 4) is 23.8 Å². The lowest BCUT2D eigenvalue weighted by atomic mass is 10.2. The Bertz CT molecular complexity index is 817. The molecule has 2 N–H and O–H groups in total. The third kappa shape index (κ3) is 5.72. The highest BCUT2D eigenvalue weighted by Gasteiger charge is 2.11. The zero-order valence-electron chi connectivity index (χ0n) is 14.2. The third-order valence-corrected chi connectivity index (χ3v) is 3.46. The highest BCUT2D eigenvalue weighted by Crippen LogP contribution is 2.35. The zero-order valence-corrected chi connectivity index (χ0v) is 14.9. The average molecular weight is 372 g/mol. The fourth-order valence-corrected chi connectivity index (χ4v) is 2.30. The number of halogens is 1. The van der Waals surface area contributed by atoms with Crippen LogP contribution in [-0.4, -0.2) is 32.4 Å². The minimum absolute atomic E-state index is 0.0774. The summed E-state index contributed by atoms with van der Waals surface area (Å²) < 4.78 is 10.6. The van der Waals surface area contributed by atoms with Crippen molar-refractivity contribution in [3.05, 3.63) is 53.1 Å². The lowest BCUT2D eigenvalue weighted by Crippen LogP contribution is -2.25. The fourth-order valence-electron chi connectivity index (χ4n) is 2.02. The van der Waals surface area contributed by atoms with Crippen molar-refractivity contribution < 1.29 is 14.3 Å². The van der Waals surface area contributed by atoms with Gasteiger partial charge in [-0.25, -0.2) is 5.43 Å². The molecule has 0 aliphatic rings. The predicted octanol–water partition coefficient (Wildman–Crippen LogP) is 2.92. The molecule has 0 unspecified atom stereocenters. The fraction of sp³-hybridized carbons (Fsp3) is 0.158. The van der Waals surface area contributed by atoms with Gasteiger partial charge in [-0.1, -0.05) is 35.7 Å². The number of rotatable bonds is 8. The molecule has 0 radical (unpaired) electrons. The number of methoxy groups -OCH3 is 1. The lowest BCUT2D eigenvalue weighted by molar-refractivity contribution is -0.119. The van der Waals surface area contributed by atoms with Crippen LogP contribution >= 0.6 is 11.6 Å². The van der Waals surface area contributed by atoms with E-state index in [4.69, 9.17) is 27.5 Å². The summed E-state index contributed by atoms with van der Waals surface area (Å²) in [6.45, 7) is 0.179. The maximum absolute atomic E-state index is 11.8. The van der Waals surface area contributed by atoms with Gasteiger partial charge in [-0.05, 0) is 29.8 Å². The molecule has 0 saturated heterocycles. The molecule has 0 aromatic heterocycles. The van der Waals surface area contributed by atoms with Crippen LogP contribution < -0.4 is 20.2 Å². The first kappa shape index (κ1) is 19.2. The minimum Gasteiger partial charge on any atom is -0.493 e. The summed E-state index contributed by atoms with van der Waals surface area (Å²) in [5.41, 5.74) is 3.92. The Labute approximate surface area is 157 Å². The van der Waals surface area contributed by atoms with Crippen LogP contribution in [0, 0.1) is 12.3 Å². The second-order valence-electron chi connectivity index (χ2n) is 5.04. The number of carbonyl (C=O) groups is 1. The van der Waals surface area contributed by atoms with Gasteiger partial charge in [0.05, 0.1) is 24.9 Å². The number of amides is 1. The Kier molecular flexibility index (Phi) is 7.34. The Morgan fingerprint density at radius 2 is 2.12 bits per heavy atom. The highest BCUT2D eigenvalue weighted by atomic mass is 35.5. The van der Waals surface area contributed by atoms with Gasteiger partial charge in [0.25, 0.3) is 5.91 Å². The number of anilines is 1. The Hall–Kier alpha value is -3.17. The van der Waals surface area contributed by atoms with Gasteiger partial charge in [-0.2, -0.15) is 5.10 Å². The summed E-state index contributed by atoms with van der Waals surface area (Å²) in [7, 11) is 1.49. The highest BCUT2D eigenvalue weighted by molar-refractivity contribution is 6.32. The summed E-state index contributed by atoms with van der Waals surface area (Å²) in [6, 6.07) is 12.7. The van der Waals surface area contributed by atoms with Crippen LogP contribution in [0.15, 0.2) is 47.6 Å². The van der Waals surface area contributed by atoms with E-state index in [0.717, 1.165) is 5.69 Å². The van der Waals surface area contributed by atoms with Crippen molar-refractivity contribution >= 4 is 29.4 Å². The summed E-state index contributed by atoms with van der Waals surface area (Å²) >= 11 is 6.18. The number of nitrogens with one attached hydrogen (secondary N) is 2. The largest absolute Gasteiger partial charge is 0.493 e. The number of para-hydroxylation sites is 1. The molecular weight excluding hydrogens is 354 g/mol. The molecule has 26 heavy (non-hydrogen) atoms. The molecule has 0 saturated carbocycles. The molecule has 0 fully saturated rings. The number of benzene rings is 2. The standard InChI is InChI=1S/C19H18ClN3O3/c1-3-9-26-19-16(20)10-14(11-17(19)25-2)12-22-23-18(24)13-21-15-7-5-4-6-8-15/h1,4-8,10-12,21H,9,13H2,2H3,(H,23,24)/b22-12-. The number of terminal acetylenes is 1. The van der Waals surface area contributed by atoms with E-state index in [1.807, 2.05) is 30.3 Å². The van der Waals surface area contributed by atoms with Crippen molar-refractivity contribution in [2.24, 2.45) is 5.10 Å². The molecule has 0 aliphatic carbocycles. The lowest BCUT2D eigenvalue weighted by Gasteiger charge is -2.11. The maximum atomic E-state index is 11.8. The molecule has 0 aliphatic heterocycles. The molecule has 0 atom stereocenters. The molecule has 0 spiro atoms.